The van der Waals surface area contributed by atoms with Crippen molar-refractivity contribution in [1.29, 1.82) is 0 Å². The van der Waals surface area contributed by atoms with Gasteiger partial charge in [0.2, 0.25) is 6.17 Å². The lowest BCUT2D eigenvalue weighted by atomic mass is 9.88. The molecule has 1 N–H and O–H groups in total. The molecule has 0 aliphatic rings. The largest absolute Gasteiger partial charge is 0.477 e. The van der Waals surface area contributed by atoms with Gasteiger partial charge in [0.15, 0.2) is 0 Å². The second-order valence-corrected chi connectivity index (χ2v) is 5.11. The Morgan fingerprint density at radius 1 is 0.552 bits per heavy atom. The van der Waals surface area contributed by atoms with Crippen LogP contribution in [0.15, 0.2) is 0 Å². The molecule has 0 heterocycles. The summed E-state index contributed by atoms with van der Waals surface area (Å²) in [5, 5.41) is 7.63. The van der Waals surface area contributed by atoms with E-state index in [4.69, 9.17) is 5.11 Å². The van der Waals surface area contributed by atoms with E-state index >= 15 is 0 Å². The smallest absolute Gasteiger partial charge is 0.410 e. The van der Waals surface area contributed by atoms with Crippen LogP contribution in [0.1, 0.15) is 0 Å². The number of alkyl halides is 17. The molecule has 0 spiro atoms. The number of aliphatic carboxylic acids is 1. The average Bonchev–Trinajstić information content (AvgIpc) is 2.52. The number of hydrogen-bond donors (Lipinski definition) is 1. The molecule has 0 aliphatic carbocycles. The summed E-state index contributed by atoms with van der Waals surface area (Å²) in [5.41, 5.74) is 0. The minimum Gasteiger partial charge on any atom is -0.477 e. The van der Waals surface area contributed by atoms with Gasteiger partial charge in [0.1, 0.15) is 0 Å². The zero-order chi connectivity index (χ0) is 24.2. The summed E-state index contributed by atoms with van der Waals surface area (Å²) in [6, 6.07) is 0. The third kappa shape index (κ3) is 3.32. The lowest BCUT2D eigenvalue weighted by Gasteiger charge is -2.42. The maximum atomic E-state index is 13.1. The lowest BCUT2D eigenvalue weighted by molar-refractivity contribution is -0.443. The molecule has 1 atom stereocenters. The highest BCUT2D eigenvalue weighted by Gasteiger charge is 2.94. The van der Waals surface area contributed by atoms with Crippen LogP contribution < -0.4 is 0 Å². The third-order valence-corrected chi connectivity index (χ3v) is 3.23. The Hall–Kier alpha value is -1.72. The summed E-state index contributed by atoms with van der Waals surface area (Å²) >= 11 is 0. The fraction of sp³-hybridized carbons (Fsp3) is 0.900. The molecule has 1 unspecified atom stereocenters. The molecule has 0 aromatic rings. The van der Waals surface area contributed by atoms with Crippen molar-refractivity contribution >= 4 is 5.97 Å². The zero-order valence-electron chi connectivity index (χ0n) is 12.4. The standard InChI is InChI=1S/C10H3F17O2/c11-1(2(12)13)4(14,15)6(18,19)8(22,23)10(26,27)9(24,25)7(20,21)5(16,17)3(28)29/h1-2H,(H,28,29). The normalized spacial score (nSPS) is 16.9. The first kappa shape index (κ1) is 27.3. The van der Waals surface area contributed by atoms with Crippen molar-refractivity contribution in [1.82, 2.24) is 0 Å². The summed E-state index contributed by atoms with van der Waals surface area (Å²) in [6.45, 7) is 0. The Morgan fingerprint density at radius 3 is 1.10 bits per heavy atom. The number of halogens is 17. The molecule has 29 heavy (non-hydrogen) atoms. The zero-order valence-corrected chi connectivity index (χ0v) is 12.4. The molecule has 0 fully saturated rings. The fourth-order valence-electron chi connectivity index (χ4n) is 1.46. The van der Waals surface area contributed by atoms with Gasteiger partial charge >= 0.3 is 47.4 Å². The van der Waals surface area contributed by atoms with Crippen molar-refractivity contribution < 1.29 is 84.5 Å². The van der Waals surface area contributed by atoms with E-state index in [1.807, 2.05) is 0 Å². The maximum Gasteiger partial charge on any atom is 0.410 e. The molecule has 0 saturated heterocycles. The molecule has 0 aliphatic heterocycles. The highest BCUT2D eigenvalue weighted by Crippen LogP contribution is 2.62. The Morgan fingerprint density at radius 2 is 0.828 bits per heavy atom. The van der Waals surface area contributed by atoms with E-state index in [1.165, 1.54) is 0 Å². The van der Waals surface area contributed by atoms with Gasteiger partial charge in [-0.15, -0.1) is 0 Å². The number of carboxylic acid groups (broad SMARTS) is 1. The molecule has 0 rings (SSSR count). The minimum atomic E-state index is -8.67. The van der Waals surface area contributed by atoms with Gasteiger partial charge < -0.3 is 5.11 Å². The molecule has 0 aromatic carbocycles. The second-order valence-electron chi connectivity index (χ2n) is 5.11. The Bertz CT molecular complexity index is 624. The summed E-state index contributed by atoms with van der Waals surface area (Å²) in [7, 11) is 0. The number of hydrogen-bond acceptors (Lipinski definition) is 1. The third-order valence-electron chi connectivity index (χ3n) is 3.23. The van der Waals surface area contributed by atoms with Gasteiger partial charge in [-0.3, -0.25) is 0 Å². The Kier molecular flexibility index (Phi) is 6.51. The van der Waals surface area contributed by atoms with Crippen molar-refractivity contribution in [2.24, 2.45) is 0 Å². The minimum absolute atomic E-state index is 4.36. The number of carbonyl (C=O) groups is 1. The van der Waals surface area contributed by atoms with Crippen LogP contribution in [0.4, 0.5) is 74.6 Å². The monoisotopic (exact) mass is 478 g/mol. The first-order valence-corrected chi connectivity index (χ1v) is 6.10. The van der Waals surface area contributed by atoms with E-state index in [9.17, 15) is 79.4 Å². The molecule has 0 radical (unpaired) electrons. The van der Waals surface area contributed by atoms with Crippen molar-refractivity contribution in [3.8, 4) is 0 Å². The molecule has 0 amide bonds. The van der Waals surface area contributed by atoms with Gasteiger partial charge in [0.05, 0.1) is 0 Å². The molecule has 0 saturated carbocycles. The molecule has 0 aromatic heterocycles. The topological polar surface area (TPSA) is 37.3 Å². The van der Waals surface area contributed by atoms with Gasteiger partial charge in [0, 0.05) is 0 Å². The molecule has 19 heteroatoms. The van der Waals surface area contributed by atoms with Crippen LogP contribution in [0.25, 0.3) is 0 Å². The first-order chi connectivity index (χ1) is 12.3. The van der Waals surface area contributed by atoms with Crippen molar-refractivity contribution in [2.75, 3.05) is 0 Å². The highest BCUT2D eigenvalue weighted by molar-refractivity contribution is 5.77. The summed E-state index contributed by atoms with van der Waals surface area (Å²) < 4.78 is 217. The van der Waals surface area contributed by atoms with E-state index in [0.717, 1.165) is 0 Å². The number of rotatable bonds is 9. The van der Waals surface area contributed by atoms with Crippen LogP contribution in [-0.2, 0) is 4.79 Å². The van der Waals surface area contributed by atoms with Crippen LogP contribution >= 0.6 is 0 Å². The molecule has 174 valence electrons. The van der Waals surface area contributed by atoms with E-state index < -0.39 is 60.0 Å². The first-order valence-electron chi connectivity index (χ1n) is 6.10. The van der Waals surface area contributed by atoms with Gasteiger partial charge in [-0.25, -0.2) is 18.0 Å². The quantitative estimate of drug-likeness (QED) is 0.468. The Balaban J connectivity index is 6.71. The molecular weight excluding hydrogens is 475 g/mol. The van der Waals surface area contributed by atoms with Crippen LogP contribution in [0.5, 0.6) is 0 Å². The summed E-state index contributed by atoms with van der Waals surface area (Å²) in [4.78, 5) is 9.81. The highest BCUT2D eigenvalue weighted by atomic mass is 19.4. The summed E-state index contributed by atoms with van der Waals surface area (Å²) in [5.74, 6) is -61.6. The SMILES string of the molecule is O=C(O)C(F)(F)C(F)(F)C(F)(F)C(F)(F)C(F)(F)C(F)(F)C(F)(F)C(F)C(F)F. The van der Waals surface area contributed by atoms with Gasteiger partial charge in [-0.1, -0.05) is 0 Å². The fourth-order valence-corrected chi connectivity index (χ4v) is 1.46. The van der Waals surface area contributed by atoms with E-state index in [0.29, 0.717) is 0 Å². The van der Waals surface area contributed by atoms with Gasteiger partial charge in [-0.2, -0.15) is 61.5 Å². The van der Waals surface area contributed by atoms with E-state index in [1.54, 1.807) is 0 Å². The lowest BCUT2D eigenvalue weighted by Crippen LogP contribution is -2.74. The van der Waals surface area contributed by atoms with E-state index in [-0.39, 0.29) is 0 Å². The number of carboxylic acids is 1. The van der Waals surface area contributed by atoms with Crippen LogP contribution in [-0.4, -0.2) is 65.1 Å². The van der Waals surface area contributed by atoms with Gasteiger partial charge in [-0.05, 0) is 0 Å². The second kappa shape index (κ2) is 6.92. The predicted molar refractivity (Wildman–Crippen MR) is 53.2 cm³/mol. The molecule has 2 nitrogen and oxygen atoms in total. The van der Waals surface area contributed by atoms with Crippen LogP contribution in [0.2, 0.25) is 0 Å². The Labute approximate surface area is 146 Å². The predicted octanol–water partition coefficient (Wildman–Crippen LogP) is 5.12. The van der Waals surface area contributed by atoms with Crippen LogP contribution in [0, 0.1) is 0 Å². The molecule has 0 bridgehead atoms. The maximum absolute atomic E-state index is 13.1. The molecular formula is C10H3F17O2. The summed E-state index contributed by atoms with van der Waals surface area (Å²) in [6.07, 6.45) is -11.1. The van der Waals surface area contributed by atoms with Crippen LogP contribution in [0.3, 0.4) is 0 Å². The van der Waals surface area contributed by atoms with Crippen molar-refractivity contribution in [2.45, 2.75) is 54.1 Å². The average molecular weight is 478 g/mol. The van der Waals surface area contributed by atoms with E-state index in [2.05, 4.69) is 0 Å². The van der Waals surface area contributed by atoms with Gasteiger partial charge in [0.25, 0.3) is 6.43 Å². The van der Waals surface area contributed by atoms with Crippen molar-refractivity contribution in [3.63, 3.8) is 0 Å². The van der Waals surface area contributed by atoms with Crippen molar-refractivity contribution in [3.05, 3.63) is 0 Å².